The number of anilines is 1. The third-order valence-corrected chi connectivity index (χ3v) is 6.30. The highest BCUT2D eigenvalue weighted by atomic mass is 32.2. The van der Waals surface area contributed by atoms with E-state index in [2.05, 4.69) is 20.4 Å². The summed E-state index contributed by atoms with van der Waals surface area (Å²) in [6.07, 6.45) is 5.03. The number of nitrogens with zero attached hydrogens (tertiary/aromatic N) is 5. The fourth-order valence-electron chi connectivity index (χ4n) is 2.92. The molecule has 1 aliphatic heterocycles. The Kier molecular flexibility index (Phi) is 4.49. The van der Waals surface area contributed by atoms with Gasteiger partial charge in [-0.05, 0) is 25.7 Å². The van der Waals surface area contributed by atoms with Crippen LogP contribution >= 0.6 is 0 Å². The Balaban J connectivity index is 1.59. The number of rotatable bonds is 5. The summed E-state index contributed by atoms with van der Waals surface area (Å²) in [5.74, 6) is 1.40. The highest BCUT2D eigenvalue weighted by Crippen LogP contribution is 2.22. The van der Waals surface area contributed by atoms with E-state index < -0.39 is 10.0 Å². The van der Waals surface area contributed by atoms with Gasteiger partial charge in [-0.1, -0.05) is 0 Å². The Hall–Kier alpha value is -1.74. The molecule has 23 heavy (non-hydrogen) atoms. The van der Waals surface area contributed by atoms with Crippen molar-refractivity contribution in [2.45, 2.75) is 19.8 Å². The first-order valence-electron chi connectivity index (χ1n) is 7.85. The number of hydrogen-bond acceptors (Lipinski definition) is 6. The van der Waals surface area contributed by atoms with E-state index in [0.717, 1.165) is 36.2 Å². The molecule has 0 bridgehead atoms. The minimum Gasteiger partial charge on any atom is -0.369 e. The normalized spacial score (nSPS) is 17.7. The molecule has 126 valence electrons. The molecule has 3 heterocycles. The summed E-state index contributed by atoms with van der Waals surface area (Å²) >= 11 is 0. The summed E-state index contributed by atoms with van der Waals surface area (Å²) in [5.41, 5.74) is 0.798. The van der Waals surface area contributed by atoms with Crippen LogP contribution < -0.4 is 5.32 Å². The van der Waals surface area contributed by atoms with Gasteiger partial charge in [-0.25, -0.2) is 22.7 Å². The third kappa shape index (κ3) is 3.30. The SMILES string of the molecule is CCS(=O)(=O)N1CCC(CNc2ncnc3c2cnn3C)CC1. The van der Waals surface area contributed by atoms with Crippen LogP contribution in [-0.4, -0.2) is 57.9 Å². The van der Waals surface area contributed by atoms with Gasteiger partial charge in [-0.15, -0.1) is 0 Å². The average molecular weight is 338 g/mol. The molecule has 2 aromatic heterocycles. The molecular formula is C14H22N6O2S. The molecule has 0 amide bonds. The van der Waals surface area contributed by atoms with Crippen molar-refractivity contribution in [2.24, 2.45) is 13.0 Å². The second-order valence-corrected chi connectivity index (χ2v) is 8.11. The van der Waals surface area contributed by atoms with Gasteiger partial charge >= 0.3 is 0 Å². The number of hydrogen-bond donors (Lipinski definition) is 1. The Morgan fingerprint density at radius 2 is 2.04 bits per heavy atom. The largest absolute Gasteiger partial charge is 0.369 e. The monoisotopic (exact) mass is 338 g/mol. The van der Waals surface area contributed by atoms with Gasteiger partial charge in [0.2, 0.25) is 10.0 Å². The molecular weight excluding hydrogens is 316 g/mol. The zero-order chi connectivity index (χ0) is 16.4. The second-order valence-electron chi connectivity index (χ2n) is 5.85. The first-order chi connectivity index (χ1) is 11.0. The summed E-state index contributed by atoms with van der Waals surface area (Å²) in [6.45, 7) is 3.68. The Bertz CT molecular complexity index is 780. The van der Waals surface area contributed by atoms with Gasteiger partial charge in [0.15, 0.2) is 5.65 Å². The van der Waals surface area contributed by atoms with Crippen LogP contribution in [0.15, 0.2) is 12.5 Å². The fourth-order valence-corrected chi connectivity index (χ4v) is 4.05. The van der Waals surface area contributed by atoms with E-state index in [-0.39, 0.29) is 5.75 Å². The van der Waals surface area contributed by atoms with E-state index in [0.29, 0.717) is 19.0 Å². The molecule has 0 aliphatic carbocycles. The Morgan fingerprint density at radius 3 is 2.74 bits per heavy atom. The van der Waals surface area contributed by atoms with Crippen molar-refractivity contribution >= 4 is 26.9 Å². The molecule has 1 N–H and O–H groups in total. The molecule has 8 nitrogen and oxygen atoms in total. The van der Waals surface area contributed by atoms with Gasteiger partial charge in [0.05, 0.1) is 17.3 Å². The van der Waals surface area contributed by atoms with Gasteiger partial charge in [0.1, 0.15) is 12.1 Å². The van der Waals surface area contributed by atoms with Gasteiger partial charge < -0.3 is 5.32 Å². The van der Waals surface area contributed by atoms with Crippen molar-refractivity contribution in [3.05, 3.63) is 12.5 Å². The number of sulfonamides is 1. The van der Waals surface area contributed by atoms with Gasteiger partial charge in [0, 0.05) is 26.7 Å². The molecule has 3 rings (SSSR count). The highest BCUT2D eigenvalue weighted by molar-refractivity contribution is 7.89. The van der Waals surface area contributed by atoms with E-state index in [9.17, 15) is 8.42 Å². The standard InChI is InChI=1S/C14H22N6O2S/c1-3-23(21,22)20-6-4-11(5-7-20)8-15-13-12-9-18-19(2)14(12)17-10-16-13/h9-11H,3-8H2,1-2H3,(H,15,16,17). The lowest BCUT2D eigenvalue weighted by molar-refractivity contribution is 0.282. The maximum absolute atomic E-state index is 11.9. The predicted octanol–water partition coefficient (Wildman–Crippen LogP) is 0.837. The summed E-state index contributed by atoms with van der Waals surface area (Å²) in [5, 5.41) is 8.47. The van der Waals surface area contributed by atoms with Gasteiger partial charge in [0.25, 0.3) is 0 Å². The van der Waals surface area contributed by atoms with Crippen LogP contribution in [0.25, 0.3) is 11.0 Å². The minimum absolute atomic E-state index is 0.176. The number of nitrogens with one attached hydrogen (secondary N) is 1. The maximum Gasteiger partial charge on any atom is 0.213 e. The number of fused-ring (bicyclic) bond motifs is 1. The topological polar surface area (TPSA) is 93.0 Å². The van der Waals surface area contributed by atoms with Crippen LogP contribution in [0.4, 0.5) is 5.82 Å². The molecule has 0 saturated carbocycles. The summed E-state index contributed by atoms with van der Waals surface area (Å²) in [4.78, 5) is 8.51. The molecule has 1 saturated heterocycles. The summed E-state index contributed by atoms with van der Waals surface area (Å²) < 4.78 is 27.1. The molecule has 0 radical (unpaired) electrons. The quantitative estimate of drug-likeness (QED) is 0.868. The van der Waals surface area contributed by atoms with E-state index in [4.69, 9.17) is 0 Å². The van der Waals surface area contributed by atoms with Crippen LogP contribution in [0.2, 0.25) is 0 Å². The van der Waals surface area contributed by atoms with Crippen molar-refractivity contribution in [3.63, 3.8) is 0 Å². The molecule has 2 aromatic rings. The van der Waals surface area contributed by atoms with Crippen molar-refractivity contribution in [1.82, 2.24) is 24.1 Å². The van der Waals surface area contributed by atoms with Crippen LogP contribution in [0.3, 0.4) is 0 Å². The molecule has 1 fully saturated rings. The summed E-state index contributed by atoms with van der Waals surface area (Å²) in [7, 11) is -1.21. The van der Waals surface area contributed by atoms with Gasteiger partial charge in [-0.2, -0.15) is 5.10 Å². The minimum atomic E-state index is -3.06. The van der Waals surface area contributed by atoms with Crippen molar-refractivity contribution < 1.29 is 8.42 Å². The van der Waals surface area contributed by atoms with E-state index in [1.165, 1.54) is 6.33 Å². The predicted molar refractivity (Wildman–Crippen MR) is 88.6 cm³/mol. The van der Waals surface area contributed by atoms with Crippen molar-refractivity contribution in [3.8, 4) is 0 Å². The van der Waals surface area contributed by atoms with Crippen LogP contribution in [0.1, 0.15) is 19.8 Å². The molecule has 1 aliphatic rings. The first-order valence-corrected chi connectivity index (χ1v) is 9.46. The lowest BCUT2D eigenvalue weighted by Gasteiger charge is -2.31. The summed E-state index contributed by atoms with van der Waals surface area (Å²) in [6, 6.07) is 0. The Labute approximate surface area is 136 Å². The zero-order valence-corrected chi connectivity index (χ0v) is 14.3. The van der Waals surface area contributed by atoms with Crippen molar-refractivity contribution in [1.29, 1.82) is 0 Å². The molecule has 9 heteroatoms. The lowest BCUT2D eigenvalue weighted by atomic mass is 9.98. The van der Waals surface area contributed by atoms with Gasteiger partial charge in [-0.3, -0.25) is 4.68 Å². The van der Waals surface area contributed by atoms with E-state index >= 15 is 0 Å². The number of aromatic nitrogens is 4. The lowest BCUT2D eigenvalue weighted by Crippen LogP contribution is -2.40. The second kappa shape index (κ2) is 6.40. The third-order valence-electron chi connectivity index (χ3n) is 4.42. The van der Waals surface area contributed by atoms with E-state index in [1.54, 1.807) is 22.1 Å². The van der Waals surface area contributed by atoms with Crippen LogP contribution in [0.5, 0.6) is 0 Å². The fraction of sp³-hybridized carbons (Fsp3) is 0.643. The average Bonchev–Trinajstić information content (AvgIpc) is 2.95. The Morgan fingerprint density at radius 1 is 1.30 bits per heavy atom. The van der Waals surface area contributed by atoms with Crippen LogP contribution in [0, 0.1) is 5.92 Å². The molecule has 0 unspecified atom stereocenters. The van der Waals surface area contributed by atoms with E-state index in [1.807, 2.05) is 7.05 Å². The number of piperidine rings is 1. The van der Waals surface area contributed by atoms with Crippen LogP contribution in [-0.2, 0) is 17.1 Å². The number of aryl methyl sites for hydroxylation is 1. The maximum atomic E-state index is 11.9. The van der Waals surface area contributed by atoms with Crippen molar-refractivity contribution in [2.75, 3.05) is 30.7 Å². The smallest absolute Gasteiger partial charge is 0.213 e. The zero-order valence-electron chi connectivity index (χ0n) is 13.4. The highest BCUT2D eigenvalue weighted by Gasteiger charge is 2.26. The molecule has 0 spiro atoms. The molecule has 0 atom stereocenters. The molecule has 0 aromatic carbocycles. The first kappa shape index (κ1) is 16.1.